The molecule has 0 aromatic carbocycles. The molecule has 0 spiro atoms. The van der Waals surface area contributed by atoms with Gasteiger partial charge in [-0.3, -0.25) is 9.78 Å². The fourth-order valence-electron chi connectivity index (χ4n) is 1.74. The Balaban J connectivity index is 1.92. The number of hydrogen-bond donors (Lipinski definition) is 2. The molecule has 1 aromatic rings. The number of nitrogens with two attached hydrogens (primary N) is 1. The minimum Gasteiger partial charge on any atom is -0.397 e. The van der Waals surface area contributed by atoms with Gasteiger partial charge in [-0.1, -0.05) is 0 Å². The molecule has 2 heterocycles. The average Bonchev–Trinajstić information content (AvgIpc) is 2.40. The minimum absolute atomic E-state index is 0.0861. The molecular formula is C12H17N3O3. The number of hydrogen-bond acceptors (Lipinski definition) is 5. The zero-order chi connectivity index (χ0) is 13.0. The molecule has 1 aliphatic rings. The van der Waals surface area contributed by atoms with Crippen LogP contribution in [0.1, 0.15) is 16.1 Å². The van der Waals surface area contributed by atoms with Crippen LogP contribution in [0.5, 0.6) is 0 Å². The molecule has 1 atom stereocenters. The third-order valence-corrected chi connectivity index (χ3v) is 2.73. The van der Waals surface area contributed by atoms with E-state index in [2.05, 4.69) is 10.3 Å². The molecule has 1 fully saturated rings. The Bertz CT molecular complexity index is 431. The molecule has 98 valence electrons. The van der Waals surface area contributed by atoms with E-state index in [4.69, 9.17) is 15.2 Å². The van der Waals surface area contributed by atoms with Crippen LogP contribution in [0.2, 0.25) is 0 Å². The van der Waals surface area contributed by atoms with Crippen molar-refractivity contribution in [3.63, 3.8) is 0 Å². The number of nitrogen functional groups attached to an aromatic ring is 1. The van der Waals surface area contributed by atoms with Crippen molar-refractivity contribution in [2.24, 2.45) is 0 Å². The molecule has 3 N–H and O–H groups in total. The van der Waals surface area contributed by atoms with E-state index in [0.29, 0.717) is 43.3 Å². The first-order chi connectivity index (χ1) is 8.66. The topological polar surface area (TPSA) is 86.5 Å². The van der Waals surface area contributed by atoms with Crippen molar-refractivity contribution in [2.75, 3.05) is 32.1 Å². The van der Waals surface area contributed by atoms with Crippen LogP contribution in [0.4, 0.5) is 5.69 Å². The highest BCUT2D eigenvalue weighted by Gasteiger charge is 2.16. The van der Waals surface area contributed by atoms with Crippen molar-refractivity contribution in [2.45, 2.75) is 13.0 Å². The van der Waals surface area contributed by atoms with Gasteiger partial charge < -0.3 is 20.5 Å². The number of nitrogens with one attached hydrogen (secondary N) is 1. The molecule has 18 heavy (non-hydrogen) atoms. The maximum Gasteiger partial charge on any atom is 0.253 e. The summed E-state index contributed by atoms with van der Waals surface area (Å²) in [6.07, 6.45) is 1.45. The second-order valence-electron chi connectivity index (χ2n) is 4.18. The van der Waals surface area contributed by atoms with Crippen LogP contribution in [0.3, 0.4) is 0 Å². The highest BCUT2D eigenvalue weighted by atomic mass is 16.6. The molecule has 1 aliphatic heterocycles. The van der Waals surface area contributed by atoms with Gasteiger partial charge in [-0.2, -0.15) is 0 Å². The summed E-state index contributed by atoms with van der Waals surface area (Å²) in [7, 11) is 0. The predicted octanol–water partition coefficient (Wildman–Crippen LogP) is 0.117. The Morgan fingerprint density at radius 1 is 1.61 bits per heavy atom. The zero-order valence-electron chi connectivity index (χ0n) is 10.3. The van der Waals surface area contributed by atoms with Crippen LogP contribution in [0.15, 0.2) is 12.3 Å². The number of carbonyl (C=O) groups excluding carboxylic acids is 1. The number of carbonyl (C=O) groups is 1. The molecule has 0 radical (unpaired) electrons. The molecule has 1 saturated heterocycles. The van der Waals surface area contributed by atoms with E-state index in [1.54, 1.807) is 13.0 Å². The van der Waals surface area contributed by atoms with E-state index in [-0.39, 0.29) is 12.0 Å². The fraction of sp³-hybridized carbons (Fsp3) is 0.500. The van der Waals surface area contributed by atoms with Crippen molar-refractivity contribution >= 4 is 11.6 Å². The lowest BCUT2D eigenvalue weighted by molar-refractivity contribution is -0.0855. The van der Waals surface area contributed by atoms with E-state index in [1.165, 1.54) is 6.20 Å². The molecular weight excluding hydrogens is 234 g/mol. The van der Waals surface area contributed by atoms with E-state index in [0.717, 1.165) is 0 Å². The summed E-state index contributed by atoms with van der Waals surface area (Å²) in [5.74, 6) is -0.193. The SMILES string of the molecule is Cc1ncc(N)cc1C(=O)NCC1COCCO1. The van der Waals surface area contributed by atoms with Gasteiger partial charge in [0.15, 0.2) is 0 Å². The number of ether oxygens (including phenoxy) is 2. The Morgan fingerprint density at radius 2 is 2.44 bits per heavy atom. The van der Waals surface area contributed by atoms with Gasteiger partial charge in [0, 0.05) is 6.54 Å². The van der Waals surface area contributed by atoms with Gasteiger partial charge in [-0.25, -0.2) is 0 Å². The van der Waals surface area contributed by atoms with Crippen molar-refractivity contribution in [1.29, 1.82) is 0 Å². The molecule has 1 unspecified atom stereocenters. The molecule has 0 bridgehead atoms. The summed E-state index contributed by atoms with van der Waals surface area (Å²) in [6.45, 7) is 3.89. The van der Waals surface area contributed by atoms with Crippen LogP contribution >= 0.6 is 0 Å². The summed E-state index contributed by atoms with van der Waals surface area (Å²) in [4.78, 5) is 16.0. The van der Waals surface area contributed by atoms with Gasteiger partial charge in [-0.15, -0.1) is 0 Å². The summed E-state index contributed by atoms with van der Waals surface area (Å²) in [5.41, 5.74) is 7.24. The third-order valence-electron chi connectivity index (χ3n) is 2.73. The van der Waals surface area contributed by atoms with Crippen molar-refractivity contribution in [3.8, 4) is 0 Å². The van der Waals surface area contributed by atoms with E-state index >= 15 is 0 Å². The molecule has 6 heteroatoms. The molecule has 0 saturated carbocycles. The Kier molecular flexibility index (Phi) is 4.11. The average molecular weight is 251 g/mol. The van der Waals surface area contributed by atoms with Crippen molar-refractivity contribution < 1.29 is 14.3 Å². The molecule has 1 amide bonds. The van der Waals surface area contributed by atoms with Gasteiger partial charge >= 0.3 is 0 Å². The lowest BCUT2D eigenvalue weighted by atomic mass is 10.2. The molecule has 6 nitrogen and oxygen atoms in total. The Labute approximate surface area is 105 Å². The zero-order valence-corrected chi connectivity index (χ0v) is 10.3. The van der Waals surface area contributed by atoms with Crippen LogP contribution in [0.25, 0.3) is 0 Å². The molecule has 1 aromatic heterocycles. The number of rotatable bonds is 3. The van der Waals surface area contributed by atoms with Gasteiger partial charge in [0.2, 0.25) is 0 Å². The summed E-state index contributed by atoms with van der Waals surface area (Å²) in [6, 6.07) is 1.62. The normalized spacial score (nSPS) is 19.5. The van der Waals surface area contributed by atoms with Crippen LogP contribution < -0.4 is 11.1 Å². The second kappa shape index (κ2) is 5.79. The minimum atomic E-state index is -0.193. The monoisotopic (exact) mass is 251 g/mol. The van der Waals surface area contributed by atoms with E-state index < -0.39 is 0 Å². The first-order valence-corrected chi connectivity index (χ1v) is 5.86. The third kappa shape index (κ3) is 3.18. The van der Waals surface area contributed by atoms with E-state index in [9.17, 15) is 4.79 Å². The standard InChI is InChI=1S/C12H17N3O3/c1-8-11(4-9(13)5-14-8)12(16)15-6-10-7-17-2-3-18-10/h4-5,10H,2-3,6-7,13H2,1H3,(H,15,16). The smallest absolute Gasteiger partial charge is 0.253 e. The fourth-order valence-corrected chi connectivity index (χ4v) is 1.74. The first kappa shape index (κ1) is 12.8. The summed E-state index contributed by atoms with van der Waals surface area (Å²) < 4.78 is 10.7. The number of pyridine rings is 1. The Hall–Kier alpha value is -1.66. The Morgan fingerprint density at radius 3 is 3.17 bits per heavy atom. The van der Waals surface area contributed by atoms with Gasteiger partial charge in [-0.05, 0) is 13.0 Å². The van der Waals surface area contributed by atoms with Crippen molar-refractivity contribution in [3.05, 3.63) is 23.5 Å². The lowest BCUT2D eigenvalue weighted by Crippen LogP contribution is -2.39. The summed E-state index contributed by atoms with van der Waals surface area (Å²) in [5, 5.41) is 2.80. The first-order valence-electron chi connectivity index (χ1n) is 5.86. The quantitative estimate of drug-likeness (QED) is 0.796. The highest BCUT2D eigenvalue weighted by Crippen LogP contribution is 2.09. The van der Waals surface area contributed by atoms with Gasteiger partial charge in [0.1, 0.15) is 0 Å². The van der Waals surface area contributed by atoms with Gasteiger partial charge in [0.05, 0.1) is 49.1 Å². The number of amides is 1. The maximum absolute atomic E-state index is 12.0. The largest absolute Gasteiger partial charge is 0.397 e. The highest BCUT2D eigenvalue weighted by molar-refractivity contribution is 5.95. The van der Waals surface area contributed by atoms with E-state index in [1.807, 2.05) is 0 Å². The van der Waals surface area contributed by atoms with Crippen molar-refractivity contribution in [1.82, 2.24) is 10.3 Å². The summed E-state index contributed by atoms with van der Waals surface area (Å²) >= 11 is 0. The van der Waals surface area contributed by atoms with Crippen LogP contribution in [0, 0.1) is 6.92 Å². The molecule has 2 rings (SSSR count). The number of nitrogens with zero attached hydrogens (tertiary/aromatic N) is 1. The maximum atomic E-state index is 12.0. The number of aromatic nitrogens is 1. The number of anilines is 1. The van der Waals surface area contributed by atoms with Crippen LogP contribution in [-0.4, -0.2) is 43.4 Å². The predicted molar refractivity (Wildman–Crippen MR) is 66.3 cm³/mol. The van der Waals surface area contributed by atoms with Crippen LogP contribution in [-0.2, 0) is 9.47 Å². The second-order valence-corrected chi connectivity index (χ2v) is 4.18. The molecule has 0 aliphatic carbocycles. The van der Waals surface area contributed by atoms with Gasteiger partial charge in [0.25, 0.3) is 5.91 Å². The number of aryl methyl sites for hydroxylation is 1. The lowest BCUT2D eigenvalue weighted by Gasteiger charge is -2.23.